The number of carbonyl (C=O) groups is 1. The molecule has 2 aromatic carbocycles. The van der Waals surface area contributed by atoms with E-state index in [0.717, 1.165) is 5.56 Å². The number of hydrogen-bond acceptors (Lipinski definition) is 2. The maximum absolute atomic E-state index is 11.8. The second-order valence-electron chi connectivity index (χ2n) is 3.73. The fourth-order valence-electron chi connectivity index (χ4n) is 1.48. The molecule has 0 radical (unpaired) electrons. The van der Waals surface area contributed by atoms with Crippen LogP contribution in [0.5, 0.6) is 0 Å². The van der Waals surface area contributed by atoms with Crippen molar-refractivity contribution in [3.8, 4) is 0 Å². The molecule has 0 bridgehead atoms. The van der Waals surface area contributed by atoms with Crippen LogP contribution in [0.25, 0.3) is 6.08 Å². The van der Waals surface area contributed by atoms with Gasteiger partial charge in [-0.1, -0.05) is 36.4 Å². The zero-order valence-electron chi connectivity index (χ0n) is 9.34. The highest BCUT2D eigenvalue weighted by molar-refractivity contribution is 6.06. The summed E-state index contributed by atoms with van der Waals surface area (Å²) in [5.41, 5.74) is 7.88. The van der Waals surface area contributed by atoms with Gasteiger partial charge in [0, 0.05) is 11.3 Å². The molecule has 2 nitrogen and oxygen atoms in total. The lowest BCUT2D eigenvalue weighted by Gasteiger charge is -1.96. The summed E-state index contributed by atoms with van der Waals surface area (Å²) in [5, 5.41) is 0. The van der Waals surface area contributed by atoms with Crippen molar-refractivity contribution in [3.05, 3.63) is 71.8 Å². The molecule has 2 N–H and O–H groups in total. The van der Waals surface area contributed by atoms with Crippen LogP contribution in [0.2, 0.25) is 0 Å². The first-order valence-electron chi connectivity index (χ1n) is 5.39. The van der Waals surface area contributed by atoms with E-state index in [1.165, 1.54) is 0 Å². The maximum Gasteiger partial charge on any atom is 0.185 e. The van der Waals surface area contributed by atoms with Crippen LogP contribution in [0.3, 0.4) is 0 Å². The lowest BCUT2D eigenvalue weighted by Crippen LogP contribution is -1.94. The van der Waals surface area contributed by atoms with Gasteiger partial charge in [-0.15, -0.1) is 0 Å². The van der Waals surface area contributed by atoms with E-state index < -0.39 is 0 Å². The number of anilines is 1. The molecule has 2 heteroatoms. The van der Waals surface area contributed by atoms with Crippen LogP contribution in [-0.2, 0) is 0 Å². The van der Waals surface area contributed by atoms with Crippen molar-refractivity contribution in [1.29, 1.82) is 0 Å². The number of allylic oxidation sites excluding steroid dienone is 1. The summed E-state index contributed by atoms with van der Waals surface area (Å²) in [6.45, 7) is 0. The van der Waals surface area contributed by atoms with E-state index >= 15 is 0 Å². The molecule has 0 amide bonds. The van der Waals surface area contributed by atoms with Crippen LogP contribution in [0.4, 0.5) is 5.69 Å². The van der Waals surface area contributed by atoms with Gasteiger partial charge < -0.3 is 5.73 Å². The predicted octanol–water partition coefficient (Wildman–Crippen LogP) is 3.16. The van der Waals surface area contributed by atoms with Gasteiger partial charge in [0.25, 0.3) is 0 Å². The van der Waals surface area contributed by atoms with Gasteiger partial charge in [0.15, 0.2) is 5.78 Å². The summed E-state index contributed by atoms with van der Waals surface area (Å²) >= 11 is 0. The minimum Gasteiger partial charge on any atom is -0.399 e. The molecule has 0 heterocycles. The Bertz CT molecular complexity index is 527. The number of carbonyl (C=O) groups excluding carboxylic acids is 1. The highest BCUT2D eigenvalue weighted by Gasteiger charge is 2.00. The zero-order valence-corrected chi connectivity index (χ0v) is 9.34. The first kappa shape index (κ1) is 11.1. The normalized spacial score (nSPS) is 10.6. The van der Waals surface area contributed by atoms with Gasteiger partial charge in [-0.05, 0) is 35.9 Å². The Kier molecular flexibility index (Phi) is 3.36. The summed E-state index contributed by atoms with van der Waals surface area (Å²) in [5.74, 6) is -0.0196. The van der Waals surface area contributed by atoms with Crippen molar-refractivity contribution in [2.24, 2.45) is 0 Å². The Labute approximate surface area is 100 Å². The number of ketones is 1. The van der Waals surface area contributed by atoms with Crippen molar-refractivity contribution in [2.45, 2.75) is 0 Å². The van der Waals surface area contributed by atoms with Gasteiger partial charge in [-0.3, -0.25) is 4.79 Å². The summed E-state index contributed by atoms with van der Waals surface area (Å²) in [6, 6.07) is 16.6. The molecule has 0 spiro atoms. The molecule has 0 unspecified atom stereocenters. The minimum atomic E-state index is -0.0196. The van der Waals surface area contributed by atoms with Crippen LogP contribution < -0.4 is 5.73 Å². The van der Waals surface area contributed by atoms with Crippen molar-refractivity contribution in [3.63, 3.8) is 0 Å². The third-order valence-electron chi connectivity index (χ3n) is 2.42. The second kappa shape index (κ2) is 5.12. The van der Waals surface area contributed by atoms with E-state index in [2.05, 4.69) is 0 Å². The van der Waals surface area contributed by atoms with Crippen LogP contribution in [0.15, 0.2) is 60.7 Å². The quantitative estimate of drug-likeness (QED) is 0.493. The van der Waals surface area contributed by atoms with Crippen molar-refractivity contribution >= 4 is 17.5 Å². The molecule has 0 saturated carbocycles. The first-order chi connectivity index (χ1) is 8.25. The second-order valence-corrected chi connectivity index (χ2v) is 3.73. The lowest BCUT2D eigenvalue weighted by atomic mass is 10.1. The molecule has 0 aliphatic carbocycles. The van der Waals surface area contributed by atoms with E-state index in [1.807, 2.05) is 30.3 Å². The largest absolute Gasteiger partial charge is 0.399 e. The molecule has 2 rings (SSSR count). The highest BCUT2D eigenvalue weighted by Crippen LogP contribution is 2.08. The van der Waals surface area contributed by atoms with Gasteiger partial charge >= 0.3 is 0 Å². The summed E-state index contributed by atoms with van der Waals surface area (Å²) in [4.78, 5) is 11.8. The van der Waals surface area contributed by atoms with Crippen LogP contribution in [0, 0.1) is 0 Å². The predicted molar refractivity (Wildman–Crippen MR) is 70.7 cm³/mol. The molecule has 84 valence electrons. The Morgan fingerprint density at radius 2 is 1.59 bits per heavy atom. The molecule has 0 aliphatic rings. The molecular formula is C15H13NO. The number of nitrogens with two attached hydrogens (primary N) is 1. The average Bonchev–Trinajstić information content (AvgIpc) is 2.38. The standard InChI is InChI=1S/C15H13NO/c16-14-9-7-13(8-10-14)15(17)11-6-12-4-2-1-3-5-12/h1-11H,16H2. The Morgan fingerprint density at radius 1 is 0.941 bits per heavy atom. The average molecular weight is 223 g/mol. The SMILES string of the molecule is Nc1ccc(C(=O)C=Cc2ccccc2)cc1. The minimum absolute atomic E-state index is 0.0196. The summed E-state index contributed by atoms with van der Waals surface area (Å²) < 4.78 is 0. The van der Waals surface area contributed by atoms with E-state index in [1.54, 1.807) is 36.4 Å². The molecular weight excluding hydrogens is 210 g/mol. The first-order valence-corrected chi connectivity index (χ1v) is 5.39. The van der Waals surface area contributed by atoms with Crippen molar-refractivity contribution in [1.82, 2.24) is 0 Å². The molecule has 0 aromatic heterocycles. The number of nitrogen functional groups attached to an aromatic ring is 1. The van der Waals surface area contributed by atoms with E-state index in [-0.39, 0.29) is 5.78 Å². The van der Waals surface area contributed by atoms with E-state index in [4.69, 9.17) is 5.73 Å². The van der Waals surface area contributed by atoms with Gasteiger partial charge in [0.2, 0.25) is 0 Å². The summed E-state index contributed by atoms with van der Waals surface area (Å²) in [7, 11) is 0. The Balaban J connectivity index is 2.12. The fraction of sp³-hybridized carbons (Fsp3) is 0. The molecule has 17 heavy (non-hydrogen) atoms. The smallest absolute Gasteiger partial charge is 0.185 e. The number of benzene rings is 2. The molecule has 2 aromatic rings. The fourth-order valence-corrected chi connectivity index (χ4v) is 1.48. The van der Waals surface area contributed by atoms with Gasteiger partial charge in [-0.2, -0.15) is 0 Å². The van der Waals surface area contributed by atoms with Gasteiger partial charge in [0.1, 0.15) is 0 Å². The van der Waals surface area contributed by atoms with E-state index in [9.17, 15) is 4.79 Å². The van der Waals surface area contributed by atoms with Crippen LogP contribution in [-0.4, -0.2) is 5.78 Å². The molecule has 0 fully saturated rings. The maximum atomic E-state index is 11.8. The Hall–Kier alpha value is -2.35. The zero-order chi connectivity index (χ0) is 12.1. The molecule has 0 saturated heterocycles. The Morgan fingerprint density at radius 3 is 2.24 bits per heavy atom. The highest BCUT2D eigenvalue weighted by atomic mass is 16.1. The van der Waals surface area contributed by atoms with Crippen LogP contribution in [0.1, 0.15) is 15.9 Å². The molecule has 0 aliphatic heterocycles. The third kappa shape index (κ3) is 3.05. The van der Waals surface area contributed by atoms with E-state index in [0.29, 0.717) is 11.3 Å². The van der Waals surface area contributed by atoms with Crippen LogP contribution >= 0.6 is 0 Å². The topological polar surface area (TPSA) is 43.1 Å². The lowest BCUT2D eigenvalue weighted by molar-refractivity contribution is 0.104. The number of rotatable bonds is 3. The third-order valence-corrected chi connectivity index (χ3v) is 2.42. The van der Waals surface area contributed by atoms with Crippen molar-refractivity contribution in [2.75, 3.05) is 5.73 Å². The number of hydrogen-bond donors (Lipinski definition) is 1. The van der Waals surface area contributed by atoms with Crippen molar-refractivity contribution < 1.29 is 4.79 Å². The summed E-state index contributed by atoms with van der Waals surface area (Å²) in [6.07, 6.45) is 3.37. The van der Waals surface area contributed by atoms with Gasteiger partial charge in [0.05, 0.1) is 0 Å². The van der Waals surface area contributed by atoms with Gasteiger partial charge in [-0.25, -0.2) is 0 Å². The monoisotopic (exact) mass is 223 g/mol. The molecule has 0 atom stereocenters.